The van der Waals surface area contributed by atoms with Crippen molar-refractivity contribution in [2.75, 3.05) is 24.6 Å². The van der Waals surface area contributed by atoms with Gasteiger partial charge in [0.2, 0.25) is 0 Å². The Hall–Kier alpha value is -2.57. The molecule has 8 nitrogen and oxygen atoms in total. The minimum atomic E-state index is -0.576. The van der Waals surface area contributed by atoms with Crippen molar-refractivity contribution in [3.8, 4) is 22.9 Å². The molecule has 6 heterocycles. The van der Waals surface area contributed by atoms with Gasteiger partial charge in [-0.15, -0.1) is 24.8 Å². The zero-order chi connectivity index (χ0) is 20.0. The van der Waals surface area contributed by atoms with Gasteiger partial charge < -0.3 is 20.1 Å². The first-order valence-corrected chi connectivity index (χ1v) is 9.80. The Morgan fingerprint density at radius 1 is 1.29 bits per heavy atom. The summed E-state index contributed by atoms with van der Waals surface area (Å²) in [6, 6.07) is 9.27. The third kappa shape index (κ3) is 4.41. The maximum absolute atomic E-state index is 9.52. The highest BCUT2D eigenvalue weighted by atomic mass is 35.5. The van der Waals surface area contributed by atoms with Crippen molar-refractivity contribution in [3.63, 3.8) is 0 Å². The number of anilines is 1. The molecule has 3 aromatic rings. The minimum absolute atomic E-state index is 0. The molecule has 0 radical (unpaired) electrons. The number of hydrogen-bond donors (Lipinski definition) is 2. The minimum Gasteiger partial charge on any atom is -0.489 e. The van der Waals surface area contributed by atoms with Gasteiger partial charge in [-0.1, -0.05) is 0 Å². The summed E-state index contributed by atoms with van der Waals surface area (Å²) in [6.45, 7) is 3.82. The summed E-state index contributed by atoms with van der Waals surface area (Å²) < 4.78 is 7.33. The van der Waals surface area contributed by atoms with Crippen LogP contribution in [0.1, 0.15) is 18.9 Å². The van der Waals surface area contributed by atoms with Gasteiger partial charge in [0, 0.05) is 42.5 Å². The second-order valence-corrected chi connectivity index (χ2v) is 7.82. The fraction of sp³-hybridized carbons (Fsp3) is 0.381. The SMILES string of the molecule is C[C@@H](O)COc1cc(-c2ccc(N3CC4CC(C3)N4)nc2)c2c(C#N)cnn2c1.Cl.Cl. The predicted octanol–water partition coefficient (Wildman–Crippen LogP) is 2.42. The highest BCUT2D eigenvalue weighted by molar-refractivity contribution is 5.86. The molecule has 3 saturated heterocycles. The topological polar surface area (TPSA) is 98.7 Å². The van der Waals surface area contributed by atoms with Gasteiger partial charge in [-0.25, -0.2) is 9.50 Å². The summed E-state index contributed by atoms with van der Waals surface area (Å²) in [6.07, 6.45) is 5.78. The lowest BCUT2D eigenvalue weighted by atomic mass is 9.91. The molecule has 0 amide bonds. The molecule has 0 aliphatic carbocycles. The maximum atomic E-state index is 9.52. The average Bonchev–Trinajstić information content (AvgIpc) is 3.14. The van der Waals surface area contributed by atoms with Gasteiger partial charge in [-0.3, -0.25) is 0 Å². The van der Waals surface area contributed by atoms with E-state index >= 15 is 0 Å². The van der Waals surface area contributed by atoms with Crippen LogP contribution in [0.4, 0.5) is 5.82 Å². The number of aromatic nitrogens is 3. The van der Waals surface area contributed by atoms with E-state index in [1.54, 1.807) is 23.8 Å². The van der Waals surface area contributed by atoms with Gasteiger partial charge >= 0.3 is 0 Å². The number of aliphatic hydroxyl groups is 1. The molecule has 2 unspecified atom stereocenters. The number of halogens is 2. The molecule has 2 N–H and O–H groups in total. The first-order chi connectivity index (χ1) is 14.1. The van der Waals surface area contributed by atoms with Crippen LogP contribution in [-0.4, -0.2) is 57.6 Å². The fourth-order valence-corrected chi connectivity index (χ4v) is 4.13. The summed E-state index contributed by atoms with van der Waals surface area (Å²) in [5.74, 6) is 1.55. The molecule has 3 aliphatic rings. The molecule has 0 spiro atoms. The summed E-state index contributed by atoms with van der Waals surface area (Å²) in [5.41, 5.74) is 2.92. The Kier molecular flexibility index (Phi) is 6.92. The first-order valence-electron chi connectivity index (χ1n) is 9.80. The van der Waals surface area contributed by atoms with Crippen molar-refractivity contribution in [2.45, 2.75) is 31.5 Å². The Balaban J connectivity index is 0.00000136. The zero-order valence-corrected chi connectivity index (χ0v) is 18.6. The lowest BCUT2D eigenvalue weighted by molar-refractivity contribution is 0.122. The van der Waals surface area contributed by atoms with E-state index in [2.05, 4.69) is 26.4 Å². The van der Waals surface area contributed by atoms with Crippen LogP contribution in [0.15, 0.2) is 36.8 Å². The van der Waals surface area contributed by atoms with Crippen LogP contribution in [0.25, 0.3) is 16.6 Å². The smallest absolute Gasteiger partial charge is 0.138 e. The summed E-state index contributed by atoms with van der Waals surface area (Å²) in [5, 5.41) is 26.8. The standard InChI is InChI=1S/C21H22N6O2.2ClH/c1-13(28)12-29-18-5-19(21-15(6-22)8-24-27(21)11-18)14-2-3-20(23-7-14)26-9-16-4-17(10-26)25-16;;/h2-3,5,7-8,11,13,16-17,25,28H,4,9-10,12H2,1H3;2*1H/t13-,16?,17?;;/m1../s1. The number of piperidine rings is 1. The molecule has 6 rings (SSSR count). The fourth-order valence-electron chi connectivity index (χ4n) is 4.13. The highest BCUT2D eigenvalue weighted by Gasteiger charge is 2.36. The van der Waals surface area contributed by atoms with Crippen molar-refractivity contribution in [2.24, 2.45) is 0 Å². The summed E-state index contributed by atoms with van der Waals surface area (Å²) >= 11 is 0. The number of nitrogens with zero attached hydrogens (tertiary/aromatic N) is 5. The number of piperazine rings is 1. The summed E-state index contributed by atoms with van der Waals surface area (Å²) in [4.78, 5) is 7.00. The van der Waals surface area contributed by atoms with E-state index in [9.17, 15) is 10.4 Å². The van der Waals surface area contributed by atoms with Crippen molar-refractivity contribution >= 4 is 36.1 Å². The van der Waals surface area contributed by atoms with Crippen molar-refractivity contribution in [1.82, 2.24) is 19.9 Å². The van der Waals surface area contributed by atoms with Gasteiger partial charge in [0.1, 0.15) is 24.2 Å². The van der Waals surface area contributed by atoms with E-state index in [-0.39, 0.29) is 31.4 Å². The molecule has 3 fully saturated rings. The number of fused-ring (bicyclic) bond motifs is 3. The molecule has 3 aromatic heterocycles. The largest absolute Gasteiger partial charge is 0.489 e. The molecule has 0 saturated carbocycles. The lowest BCUT2D eigenvalue weighted by Gasteiger charge is -2.48. The Labute approximate surface area is 192 Å². The second kappa shape index (κ2) is 9.28. The quantitative estimate of drug-likeness (QED) is 0.600. The monoisotopic (exact) mass is 462 g/mol. The molecule has 3 atom stereocenters. The van der Waals surface area contributed by atoms with E-state index < -0.39 is 6.10 Å². The highest BCUT2D eigenvalue weighted by Crippen LogP contribution is 2.32. The van der Waals surface area contributed by atoms with E-state index in [0.29, 0.717) is 23.4 Å². The number of aliphatic hydroxyl groups excluding tert-OH is 1. The molecule has 31 heavy (non-hydrogen) atoms. The molecule has 0 aromatic carbocycles. The third-order valence-corrected chi connectivity index (χ3v) is 5.50. The average molecular weight is 463 g/mol. The van der Waals surface area contributed by atoms with E-state index in [0.717, 1.165) is 35.6 Å². The van der Waals surface area contributed by atoms with Gasteiger partial charge in [0.05, 0.1) is 29.6 Å². The molecular weight excluding hydrogens is 439 g/mol. The number of pyridine rings is 2. The number of nitrogens with one attached hydrogen (secondary N) is 1. The zero-order valence-electron chi connectivity index (χ0n) is 16.9. The number of nitriles is 1. The van der Waals surface area contributed by atoms with Gasteiger partial charge in [0.15, 0.2) is 0 Å². The molecular formula is C21H24Cl2N6O2. The predicted molar refractivity (Wildman–Crippen MR) is 122 cm³/mol. The van der Waals surface area contributed by atoms with Crippen LogP contribution in [0, 0.1) is 11.3 Å². The molecule has 3 aliphatic heterocycles. The Morgan fingerprint density at radius 2 is 2.03 bits per heavy atom. The van der Waals surface area contributed by atoms with E-state index in [4.69, 9.17) is 4.74 Å². The van der Waals surface area contributed by atoms with Crippen LogP contribution in [-0.2, 0) is 0 Å². The first kappa shape index (κ1) is 23.1. The van der Waals surface area contributed by atoms with Crippen LogP contribution in [0.3, 0.4) is 0 Å². The third-order valence-electron chi connectivity index (χ3n) is 5.50. The van der Waals surface area contributed by atoms with E-state index in [1.165, 1.54) is 6.42 Å². The van der Waals surface area contributed by atoms with Gasteiger partial charge in [0.25, 0.3) is 0 Å². The number of hydrogen-bond acceptors (Lipinski definition) is 7. The number of ether oxygens (including phenoxy) is 1. The number of rotatable bonds is 5. The van der Waals surface area contributed by atoms with Crippen LogP contribution in [0.2, 0.25) is 0 Å². The Bertz CT molecular complexity index is 1080. The van der Waals surface area contributed by atoms with Crippen LogP contribution in [0.5, 0.6) is 5.75 Å². The van der Waals surface area contributed by atoms with E-state index in [1.807, 2.05) is 24.4 Å². The normalized spacial score (nSPS) is 20.1. The van der Waals surface area contributed by atoms with Gasteiger partial charge in [-0.2, -0.15) is 10.4 Å². The van der Waals surface area contributed by atoms with Crippen LogP contribution < -0.4 is 15.0 Å². The van der Waals surface area contributed by atoms with Crippen molar-refractivity contribution in [3.05, 3.63) is 42.4 Å². The van der Waals surface area contributed by atoms with Gasteiger partial charge in [-0.05, 0) is 31.5 Å². The lowest BCUT2D eigenvalue weighted by Crippen LogP contribution is -2.67. The van der Waals surface area contributed by atoms with Crippen molar-refractivity contribution in [1.29, 1.82) is 5.26 Å². The second-order valence-electron chi connectivity index (χ2n) is 7.82. The molecule has 10 heteroatoms. The summed E-state index contributed by atoms with van der Waals surface area (Å²) in [7, 11) is 0. The Morgan fingerprint density at radius 3 is 2.65 bits per heavy atom. The molecule has 164 valence electrons. The van der Waals surface area contributed by atoms with Crippen molar-refractivity contribution < 1.29 is 9.84 Å². The maximum Gasteiger partial charge on any atom is 0.138 e. The molecule has 2 bridgehead atoms. The van der Waals surface area contributed by atoms with Crippen LogP contribution >= 0.6 is 24.8 Å².